The van der Waals surface area contributed by atoms with Crippen LogP contribution in [0.25, 0.3) is 6.08 Å². The van der Waals surface area contributed by atoms with Crippen LogP contribution >= 0.6 is 0 Å². The number of benzene rings is 2. The third-order valence-electron chi connectivity index (χ3n) is 5.70. The Morgan fingerprint density at radius 3 is 2.45 bits per heavy atom. The summed E-state index contributed by atoms with van der Waals surface area (Å²) in [5.74, 6) is 0.366. The highest BCUT2D eigenvalue weighted by molar-refractivity contribution is 6.05. The van der Waals surface area contributed by atoms with Crippen molar-refractivity contribution in [1.29, 1.82) is 0 Å². The molecule has 0 aliphatic carbocycles. The number of aromatic nitrogens is 1. The second-order valence-electron chi connectivity index (χ2n) is 8.71. The van der Waals surface area contributed by atoms with Crippen LogP contribution in [0.5, 0.6) is 5.75 Å². The number of phenols is 1. The number of carbonyl (C=O) groups excluding carboxylic acids is 1. The van der Waals surface area contributed by atoms with Gasteiger partial charge in [0, 0.05) is 36.0 Å². The van der Waals surface area contributed by atoms with Crippen LogP contribution in [0.15, 0.2) is 78.5 Å². The van der Waals surface area contributed by atoms with E-state index >= 15 is 0 Å². The molecule has 1 unspecified atom stereocenters. The third-order valence-corrected chi connectivity index (χ3v) is 5.70. The number of rotatable bonds is 4. The van der Waals surface area contributed by atoms with E-state index in [0.717, 1.165) is 22.4 Å². The normalized spacial score (nSPS) is 20.1. The summed E-state index contributed by atoms with van der Waals surface area (Å²) >= 11 is 0. The Balaban J connectivity index is 1.82. The number of ketones is 1. The average Bonchev–Trinajstić information content (AvgIpc) is 2.75. The summed E-state index contributed by atoms with van der Waals surface area (Å²) in [5.41, 5.74) is 9.64. The number of likely N-dealkylation sites (tertiary alicyclic amines) is 1. The first-order valence-corrected chi connectivity index (χ1v) is 10.4. The monoisotopic (exact) mass is 413 g/mol. The largest absolute Gasteiger partial charge is 0.508 e. The number of piperidine rings is 1. The molecule has 3 N–H and O–H groups in total. The van der Waals surface area contributed by atoms with E-state index in [-0.39, 0.29) is 17.6 Å². The molecule has 1 saturated heterocycles. The number of anilines is 1. The van der Waals surface area contributed by atoms with Gasteiger partial charge in [-0.3, -0.25) is 14.7 Å². The summed E-state index contributed by atoms with van der Waals surface area (Å²) in [4.78, 5) is 20.3. The minimum Gasteiger partial charge on any atom is -0.508 e. The Morgan fingerprint density at radius 2 is 1.81 bits per heavy atom. The van der Waals surface area contributed by atoms with Crippen LogP contribution in [0, 0.1) is 5.41 Å². The molecule has 3 aromatic rings. The zero-order valence-corrected chi connectivity index (χ0v) is 17.8. The van der Waals surface area contributed by atoms with E-state index in [0.29, 0.717) is 18.8 Å². The second kappa shape index (κ2) is 8.36. The van der Waals surface area contributed by atoms with Gasteiger partial charge >= 0.3 is 0 Å². The highest BCUT2D eigenvalue weighted by atomic mass is 16.3. The van der Waals surface area contributed by atoms with Crippen molar-refractivity contribution < 1.29 is 9.90 Å². The van der Waals surface area contributed by atoms with Gasteiger partial charge in [-0.1, -0.05) is 44.2 Å². The van der Waals surface area contributed by atoms with E-state index in [2.05, 4.69) is 9.88 Å². The fourth-order valence-corrected chi connectivity index (χ4v) is 4.20. The van der Waals surface area contributed by atoms with E-state index < -0.39 is 5.41 Å². The highest BCUT2D eigenvalue weighted by Gasteiger charge is 2.43. The first kappa shape index (κ1) is 20.8. The SMILES string of the molecule is CC1(C)CN(Cc2ccc(O)cc2)C(c2ccc(N)cc2)C(=Cc2ccccn2)C1=O. The van der Waals surface area contributed by atoms with E-state index in [1.807, 2.05) is 74.5 Å². The molecular formula is C26H27N3O2. The average molecular weight is 414 g/mol. The molecule has 158 valence electrons. The first-order valence-electron chi connectivity index (χ1n) is 10.4. The van der Waals surface area contributed by atoms with Crippen molar-refractivity contribution in [3.8, 4) is 5.75 Å². The summed E-state index contributed by atoms with van der Waals surface area (Å²) in [6.07, 6.45) is 3.64. The molecule has 1 aliphatic rings. The maximum absolute atomic E-state index is 13.6. The van der Waals surface area contributed by atoms with E-state index in [4.69, 9.17) is 5.73 Å². The quantitative estimate of drug-likeness (QED) is 0.482. The fraction of sp³-hybridized carbons (Fsp3) is 0.231. The van der Waals surface area contributed by atoms with Crippen LogP contribution in [0.3, 0.4) is 0 Å². The van der Waals surface area contributed by atoms with Crippen LogP contribution in [0.1, 0.15) is 36.7 Å². The third kappa shape index (κ3) is 4.52. The van der Waals surface area contributed by atoms with Gasteiger partial charge < -0.3 is 10.8 Å². The fourth-order valence-electron chi connectivity index (χ4n) is 4.20. The lowest BCUT2D eigenvalue weighted by Gasteiger charge is -2.44. The van der Waals surface area contributed by atoms with Gasteiger partial charge in [-0.2, -0.15) is 0 Å². The summed E-state index contributed by atoms with van der Waals surface area (Å²) in [5, 5.41) is 9.66. The Bertz CT molecular complexity index is 1090. The number of nitrogens with two attached hydrogens (primary N) is 1. The lowest BCUT2D eigenvalue weighted by molar-refractivity contribution is -0.128. The molecule has 1 atom stereocenters. The molecule has 31 heavy (non-hydrogen) atoms. The topological polar surface area (TPSA) is 79.4 Å². The predicted molar refractivity (Wildman–Crippen MR) is 123 cm³/mol. The second-order valence-corrected chi connectivity index (χ2v) is 8.71. The maximum Gasteiger partial charge on any atom is 0.167 e. The molecule has 0 bridgehead atoms. The Morgan fingerprint density at radius 1 is 1.10 bits per heavy atom. The molecule has 0 radical (unpaired) electrons. The molecule has 1 aliphatic heterocycles. The summed E-state index contributed by atoms with van der Waals surface area (Å²) < 4.78 is 0. The van der Waals surface area contributed by atoms with E-state index in [1.54, 1.807) is 18.3 Å². The number of carbonyl (C=O) groups is 1. The van der Waals surface area contributed by atoms with Crippen molar-refractivity contribution in [1.82, 2.24) is 9.88 Å². The van der Waals surface area contributed by atoms with Crippen LogP contribution in [0.4, 0.5) is 5.69 Å². The smallest absolute Gasteiger partial charge is 0.167 e. The number of hydrogen-bond donors (Lipinski definition) is 2. The molecule has 5 nitrogen and oxygen atoms in total. The van der Waals surface area contributed by atoms with Gasteiger partial charge in [0.15, 0.2) is 5.78 Å². The zero-order chi connectivity index (χ0) is 22.0. The molecule has 1 aromatic heterocycles. The van der Waals surface area contributed by atoms with Gasteiger partial charge in [-0.05, 0) is 53.6 Å². The van der Waals surface area contributed by atoms with Crippen molar-refractivity contribution >= 4 is 17.5 Å². The van der Waals surface area contributed by atoms with Crippen LogP contribution in [-0.2, 0) is 11.3 Å². The minimum absolute atomic E-state index is 0.127. The molecule has 2 heterocycles. The number of nitrogen functional groups attached to an aromatic ring is 1. The van der Waals surface area contributed by atoms with Crippen molar-refractivity contribution in [2.75, 3.05) is 12.3 Å². The van der Waals surface area contributed by atoms with E-state index in [1.165, 1.54) is 0 Å². The number of Topliss-reactive ketones (excluding diaryl/α,β-unsaturated/α-hetero) is 1. The Labute approximate surface area is 182 Å². The van der Waals surface area contributed by atoms with Crippen LogP contribution < -0.4 is 5.73 Å². The molecule has 1 fully saturated rings. The number of aromatic hydroxyl groups is 1. The van der Waals surface area contributed by atoms with Crippen molar-refractivity contribution in [3.63, 3.8) is 0 Å². The van der Waals surface area contributed by atoms with Crippen molar-refractivity contribution in [2.24, 2.45) is 5.41 Å². The summed E-state index contributed by atoms with van der Waals surface area (Å²) in [6, 6.07) is 20.4. The van der Waals surface area contributed by atoms with Gasteiger partial charge in [-0.15, -0.1) is 0 Å². The molecule has 2 aromatic carbocycles. The Kier molecular flexibility index (Phi) is 5.61. The van der Waals surface area contributed by atoms with Crippen molar-refractivity contribution in [2.45, 2.75) is 26.4 Å². The first-order chi connectivity index (χ1) is 14.8. The minimum atomic E-state index is -0.540. The number of pyridine rings is 1. The number of phenolic OH excluding ortho intramolecular Hbond substituents is 1. The van der Waals surface area contributed by atoms with Gasteiger partial charge in [-0.25, -0.2) is 0 Å². The van der Waals surface area contributed by atoms with E-state index in [9.17, 15) is 9.90 Å². The van der Waals surface area contributed by atoms with Crippen LogP contribution in [-0.4, -0.2) is 27.3 Å². The molecule has 4 rings (SSSR count). The van der Waals surface area contributed by atoms with Crippen LogP contribution in [0.2, 0.25) is 0 Å². The Hall–Kier alpha value is -3.44. The molecule has 5 heteroatoms. The van der Waals surface area contributed by atoms with Gasteiger partial charge in [0.25, 0.3) is 0 Å². The summed E-state index contributed by atoms with van der Waals surface area (Å²) in [7, 11) is 0. The van der Waals surface area contributed by atoms with Gasteiger partial charge in [0.1, 0.15) is 5.75 Å². The number of hydrogen-bond acceptors (Lipinski definition) is 5. The molecule has 0 spiro atoms. The number of nitrogens with zero attached hydrogens (tertiary/aromatic N) is 2. The molecular weight excluding hydrogens is 386 g/mol. The predicted octanol–water partition coefficient (Wildman–Crippen LogP) is 4.61. The van der Waals surface area contributed by atoms with Gasteiger partial charge in [0.2, 0.25) is 0 Å². The van der Waals surface area contributed by atoms with Gasteiger partial charge in [0.05, 0.1) is 11.7 Å². The van der Waals surface area contributed by atoms with Crippen molar-refractivity contribution in [3.05, 3.63) is 95.3 Å². The lowest BCUT2D eigenvalue weighted by Crippen LogP contribution is -2.49. The molecule has 0 saturated carbocycles. The summed E-state index contributed by atoms with van der Waals surface area (Å²) in [6.45, 7) is 5.24. The zero-order valence-electron chi connectivity index (χ0n) is 17.8. The molecule has 0 amide bonds. The maximum atomic E-state index is 13.6. The standard InChI is InChI=1S/C26H27N3O2/c1-26(2)17-29(16-18-6-12-22(30)13-7-18)24(19-8-10-20(27)11-9-19)23(25(26)31)15-21-5-3-4-14-28-21/h3-15,24,30H,16-17,27H2,1-2H3. The lowest BCUT2D eigenvalue weighted by atomic mass is 9.74. The highest BCUT2D eigenvalue weighted by Crippen LogP contribution is 2.42.